The Morgan fingerprint density at radius 3 is 2.93 bits per heavy atom. The lowest BCUT2D eigenvalue weighted by atomic mass is 9.98. The number of nitrogens with zero attached hydrogens (tertiary/aromatic N) is 2. The third-order valence-electron chi connectivity index (χ3n) is 5.51. The molecule has 0 unspecified atom stereocenters. The summed E-state index contributed by atoms with van der Waals surface area (Å²) in [5, 5.41) is 0.583. The first-order valence-electron chi connectivity index (χ1n) is 9.88. The van der Waals surface area contributed by atoms with Gasteiger partial charge < -0.3 is 19.0 Å². The number of esters is 1. The molecule has 3 aromatic heterocycles. The minimum atomic E-state index is -0.700. The van der Waals surface area contributed by atoms with E-state index in [4.69, 9.17) is 9.15 Å². The Balaban J connectivity index is 1.46. The lowest BCUT2D eigenvalue weighted by Gasteiger charge is -2.31. The van der Waals surface area contributed by atoms with Crippen LogP contribution >= 0.6 is 11.3 Å². The number of nitrogens with one attached hydrogen (secondary N) is 1. The summed E-state index contributed by atoms with van der Waals surface area (Å²) in [6.45, 7) is 6.37. The summed E-state index contributed by atoms with van der Waals surface area (Å²) in [7, 11) is 0. The number of likely N-dealkylation sites (tertiary alicyclic amines) is 1. The summed E-state index contributed by atoms with van der Waals surface area (Å²) in [6, 6.07) is 3.27. The maximum Gasteiger partial charge on any atom is 0.311 e. The van der Waals surface area contributed by atoms with Crippen molar-refractivity contribution in [1.29, 1.82) is 0 Å². The number of carbonyl (C=O) groups excluding carboxylic acids is 2. The zero-order valence-corrected chi connectivity index (χ0v) is 17.9. The van der Waals surface area contributed by atoms with E-state index in [1.807, 2.05) is 13.8 Å². The molecule has 0 spiro atoms. The highest BCUT2D eigenvalue weighted by Gasteiger charge is 2.32. The fraction of sp³-hybridized carbons (Fsp3) is 0.429. The second-order valence-corrected chi connectivity index (χ2v) is 8.76. The van der Waals surface area contributed by atoms with Gasteiger partial charge >= 0.3 is 5.97 Å². The molecule has 1 fully saturated rings. The molecule has 1 amide bonds. The van der Waals surface area contributed by atoms with Gasteiger partial charge in [0.15, 0.2) is 17.7 Å². The molecule has 1 aliphatic rings. The molecule has 0 saturated carbocycles. The van der Waals surface area contributed by atoms with Crippen molar-refractivity contribution in [3.8, 4) is 0 Å². The third kappa shape index (κ3) is 3.77. The van der Waals surface area contributed by atoms with E-state index in [0.717, 1.165) is 10.4 Å². The Hall–Kier alpha value is -2.94. The Kier molecular flexibility index (Phi) is 5.46. The Morgan fingerprint density at radius 1 is 1.40 bits per heavy atom. The third-order valence-corrected chi connectivity index (χ3v) is 6.61. The topological polar surface area (TPSA) is 106 Å². The molecule has 4 heterocycles. The number of thiophene rings is 1. The van der Waals surface area contributed by atoms with Crippen LogP contribution in [0.4, 0.5) is 0 Å². The lowest BCUT2D eigenvalue weighted by molar-refractivity contribution is -0.155. The van der Waals surface area contributed by atoms with Crippen molar-refractivity contribution in [1.82, 2.24) is 14.9 Å². The number of piperidine rings is 1. The number of ether oxygens (including phenoxy) is 1. The SMILES string of the molecule is Cc1sc2nc([C@H](C)OC(=O)[C@@H]3CCCN(C(=O)c4ccco4)C3)[nH]c(=O)c2c1C. The molecule has 30 heavy (non-hydrogen) atoms. The van der Waals surface area contributed by atoms with Crippen molar-refractivity contribution in [2.75, 3.05) is 13.1 Å². The van der Waals surface area contributed by atoms with Crippen LogP contribution in [0.2, 0.25) is 0 Å². The molecule has 4 rings (SSSR count). The predicted octanol–water partition coefficient (Wildman–Crippen LogP) is 3.35. The number of amides is 1. The van der Waals surface area contributed by atoms with Gasteiger partial charge in [0.25, 0.3) is 11.5 Å². The first-order chi connectivity index (χ1) is 14.3. The zero-order chi connectivity index (χ0) is 21.4. The summed E-state index contributed by atoms with van der Waals surface area (Å²) in [6.07, 6.45) is 2.09. The van der Waals surface area contributed by atoms with Crippen LogP contribution in [-0.2, 0) is 9.53 Å². The fourth-order valence-corrected chi connectivity index (χ4v) is 4.74. The van der Waals surface area contributed by atoms with E-state index in [1.54, 1.807) is 24.0 Å². The van der Waals surface area contributed by atoms with Crippen LogP contribution in [0.1, 0.15) is 52.7 Å². The molecule has 1 N–H and O–H groups in total. The summed E-state index contributed by atoms with van der Waals surface area (Å²) in [5.74, 6) is -0.483. The van der Waals surface area contributed by atoms with Crippen LogP contribution in [0.3, 0.4) is 0 Å². The van der Waals surface area contributed by atoms with Gasteiger partial charge in [-0.3, -0.25) is 14.4 Å². The van der Waals surface area contributed by atoms with E-state index in [0.29, 0.717) is 35.4 Å². The normalized spacial score (nSPS) is 17.8. The van der Waals surface area contributed by atoms with E-state index in [2.05, 4.69) is 9.97 Å². The molecule has 0 radical (unpaired) electrons. The smallest absolute Gasteiger partial charge is 0.311 e. The highest BCUT2D eigenvalue weighted by Crippen LogP contribution is 2.28. The van der Waals surface area contributed by atoms with Crippen molar-refractivity contribution in [3.63, 3.8) is 0 Å². The molecule has 9 heteroatoms. The number of furan rings is 1. The van der Waals surface area contributed by atoms with Crippen molar-refractivity contribution in [2.45, 2.75) is 39.7 Å². The summed E-state index contributed by atoms with van der Waals surface area (Å²) in [5.41, 5.74) is 0.691. The molecule has 0 bridgehead atoms. The lowest BCUT2D eigenvalue weighted by Crippen LogP contribution is -2.42. The number of aryl methyl sites for hydroxylation is 2. The maximum absolute atomic E-state index is 12.7. The van der Waals surface area contributed by atoms with Crippen molar-refractivity contribution < 1.29 is 18.7 Å². The second kappa shape index (κ2) is 8.06. The molecule has 8 nitrogen and oxygen atoms in total. The number of rotatable bonds is 4. The molecule has 0 aromatic carbocycles. The number of aromatic nitrogens is 2. The van der Waals surface area contributed by atoms with Crippen LogP contribution < -0.4 is 5.56 Å². The molecule has 1 saturated heterocycles. The van der Waals surface area contributed by atoms with Gasteiger partial charge in [0.2, 0.25) is 0 Å². The van der Waals surface area contributed by atoms with Gasteiger partial charge in [-0.1, -0.05) is 0 Å². The van der Waals surface area contributed by atoms with E-state index in [-0.39, 0.29) is 23.8 Å². The van der Waals surface area contributed by atoms with Gasteiger partial charge in [-0.2, -0.15) is 0 Å². The van der Waals surface area contributed by atoms with Gasteiger partial charge in [-0.05, 0) is 51.3 Å². The van der Waals surface area contributed by atoms with Crippen LogP contribution in [0.25, 0.3) is 10.2 Å². The fourth-order valence-electron chi connectivity index (χ4n) is 3.70. The minimum Gasteiger partial charge on any atom is -0.459 e. The standard InChI is InChI=1S/C21H23N3O5S/c1-11-13(3)30-19-16(11)18(25)22-17(23-19)12(2)29-21(27)14-6-4-8-24(10-14)20(26)15-7-5-9-28-15/h5,7,9,12,14H,4,6,8,10H2,1-3H3,(H,22,23,25)/t12-,14+/m0/s1. The quantitative estimate of drug-likeness (QED) is 0.638. The van der Waals surface area contributed by atoms with E-state index in [9.17, 15) is 14.4 Å². The minimum absolute atomic E-state index is 0.229. The molecule has 2 atom stereocenters. The molecule has 158 valence electrons. The number of H-pyrrole nitrogens is 1. The number of aromatic amines is 1. The number of carbonyl (C=O) groups is 2. The number of hydrogen-bond donors (Lipinski definition) is 1. The van der Waals surface area contributed by atoms with Crippen LogP contribution in [0.5, 0.6) is 0 Å². The predicted molar refractivity (Wildman–Crippen MR) is 112 cm³/mol. The van der Waals surface area contributed by atoms with Gasteiger partial charge in [0.1, 0.15) is 4.83 Å². The first-order valence-corrected chi connectivity index (χ1v) is 10.7. The van der Waals surface area contributed by atoms with Crippen LogP contribution in [0.15, 0.2) is 27.6 Å². The molecular formula is C21H23N3O5S. The van der Waals surface area contributed by atoms with E-state index < -0.39 is 18.0 Å². The van der Waals surface area contributed by atoms with Gasteiger partial charge in [0, 0.05) is 18.0 Å². The molecular weight excluding hydrogens is 406 g/mol. The first kappa shape index (κ1) is 20.3. The largest absolute Gasteiger partial charge is 0.459 e. The van der Waals surface area contributed by atoms with Crippen LogP contribution in [0, 0.1) is 19.8 Å². The highest BCUT2D eigenvalue weighted by atomic mass is 32.1. The maximum atomic E-state index is 12.7. The Labute approximate surface area is 176 Å². The van der Waals surface area contributed by atoms with E-state index >= 15 is 0 Å². The molecule has 1 aliphatic heterocycles. The van der Waals surface area contributed by atoms with Crippen molar-refractivity contribution in [3.05, 3.63) is 50.8 Å². The Morgan fingerprint density at radius 2 is 2.20 bits per heavy atom. The summed E-state index contributed by atoms with van der Waals surface area (Å²) in [4.78, 5) is 48.2. The molecule has 3 aromatic rings. The van der Waals surface area contributed by atoms with Crippen molar-refractivity contribution in [2.24, 2.45) is 5.92 Å². The number of fused-ring (bicyclic) bond motifs is 1. The van der Waals surface area contributed by atoms with Crippen LogP contribution in [-0.4, -0.2) is 39.8 Å². The van der Waals surface area contributed by atoms with E-state index in [1.165, 1.54) is 17.6 Å². The highest BCUT2D eigenvalue weighted by molar-refractivity contribution is 7.18. The Bertz CT molecular complexity index is 1150. The average molecular weight is 429 g/mol. The van der Waals surface area contributed by atoms with Gasteiger partial charge in [-0.25, -0.2) is 4.98 Å². The second-order valence-electron chi connectivity index (χ2n) is 7.56. The van der Waals surface area contributed by atoms with Crippen molar-refractivity contribution >= 4 is 33.4 Å². The summed E-state index contributed by atoms with van der Waals surface area (Å²) >= 11 is 1.45. The average Bonchev–Trinajstić information content (AvgIpc) is 3.36. The monoisotopic (exact) mass is 429 g/mol. The number of hydrogen-bond acceptors (Lipinski definition) is 7. The van der Waals surface area contributed by atoms with Gasteiger partial charge in [0.05, 0.1) is 17.6 Å². The zero-order valence-electron chi connectivity index (χ0n) is 17.1. The summed E-state index contributed by atoms with van der Waals surface area (Å²) < 4.78 is 10.8. The molecule has 0 aliphatic carbocycles. The van der Waals surface area contributed by atoms with Gasteiger partial charge in [-0.15, -0.1) is 11.3 Å².